The minimum absolute atomic E-state index is 0.00705. The van der Waals surface area contributed by atoms with Gasteiger partial charge in [0.2, 0.25) is 0 Å². The monoisotopic (exact) mass is 385 g/mol. The van der Waals surface area contributed by atoms with E-state index in [1.165, 1.54) is 24.3 Å². The molecule has 0 atom stereocenters. The molecule has 0 spiro atoms. The first-order valence-corrected chi connectivity index (χ1v) is 9.68. The summed E-state index contributed by atoms with van der Waals surface area (Å²) in [6.45, 7) is 5.41. The Labute approximate surface area is 157 Å². The molecule has 0 bridgehead atoms. The van der Waals surface area contributed by atoms with Gasteiger partial charge in [-0.2, -0.15) is 0 Å². The fraction of sp³-hybridized carbons (Fsp3) is 0.158. The summed E-state index contributed by atoms with van der Waals surface area (Å²) in [6.07, 6.45) is 0. The molecular weight excluding hydrogens is 366 g/mol. The van der Waals surface area contributed by atoms with E-state index in [0.29, 0.717) is 11.4 Å². The van der Waals surface area contributed by atoms with Crippen molar-refractivity contribution in [2.75, 3.05) is 10.0 Å². The number of anilines is 2. The first-order chi connectivity index (χ1) is 12.7. The van der Waals surface area contributed by atoms with Crippen LogP contribution in [0.2, 0.25) is 0 Å². The standard InChI is InChI=1S/C19H19N3O4S/c1-12-7-8-13(2)17(9-12)22-27(24,25)16-6-4-5-15(11-16)19(23)20-18-10-14(3)26-21-18/h4-11,22H,1-3H3,(H,20,21,23). The molecule has 0 fully saturated rings. The summed E-state index contributed by atoms with van der Waals surface area (Å²) in [7, 11) is -3.84. The molecule has 3 rings (SSSR count). The van der Waals surface area contributed by atoms with Crippen molar-refractivity contribution in [1.82, 2.24) is 5.16 Å². The largest absolute Gasteiger partial charge is 0.360 e. The van der Waals surface area contributed by atoms with E-state index in [-0.39, 0.29) is 16.3 Å². The van der Waals surface area contributed by atoms with E-state index in [9.17, 15) is 13.2 Å². The number of benzene rings is 2. The van der Waals surface area contributed by atoms with Crippen molar-refractivity contribution < 1.29 is 17.7 Å². The second-order valence-corrected chi connectivity index (χ2v) is 7.91. The summed E-state index contributed by atoms with van der Waals surface area (Å²) in [6, 6.07) is 12.9. The second kappa shape index (κ2) is 7.24. The molecule has 0 saturated carbocycles. The summed E-state index contributed by atoms with van der Waals surface area (Å²) in [5.74, 6) is 0.339. The highest BCUT2D eigenvalue weighted by atomic mass is 32.2. The Morgan fingerprint density at radius 1 is 1.04 bits per heavy atom. The Morgan fingerprint density at radius 3 is 2.52 bits per heavy atom. The molecule has 0 aliphatic heterocycles. The van der Waals surface area contributed by atoms with Crippen molar-refractivity contribution in [3.8, 4) is 0 Å². The van der Waals surface area contributed by atoms with Crippen molar-refractivity contribution >= 4 is 27.4 Å². The number of hydrogen-bond acceptors (Lipinski definition) is 5. The fourth-order valence-electron chi connectivity index (χ4n) is 2.47. The third kappa shape index (κ3) is 4.35. The third-order valence-electron chi connectivity index (χ3n) is 3.91. The van der Waals surface area contributed by atoms with Crippen LogP contribution in [0.25, 0.3) is 0 Å². The number of rotatable bonds is 5. The van der Waals surface area contributed by atoms with Gasteiger partial charge < -0.3 is 9.84 Å². The van der Waals surface area contributed by atoms with Crippen LogP contribution in [0.3, 0.4) is 0 Å². The van der Waals surface area contributed by atoms with Crippen LogP contribution in [0.1, 0.15) is 27.2 Å². The average Bonchev–Trinajstić information content (AvgIpc) is 3.03. The number of nitrogens with one attached hydrogen (secondary N) is 2. The Hall–Kier alpha value is -3.13. The van der Waals surface area contributed by atoms with E-state index in [2.05, 4.69) is 15.2 Å². The predicted molar refractivity (Wildman–Crippen MR) is 102 cm³/mol. The van der Waals surface area contributed by atoms with Gasteiger partial charge in [-0.15, -0.1) is 0 Å². The molecule has 27 heavy (non-hydrogen) atoms. The van der Waals surface area contributed by atoms with Crippen LogP contribution in [0.15, 0.2) is 57.9 Å². The summed E-state index contributed by atoms with van der Waals surface area (Å²) in [5, 5.41) is 6.25. The summed E-state index contributed by atoms with van der Waals surface area (Å²) in [4.78, 5) is 12.3. The Bertz CT molecular complexity index is 1100. The van der Waals surface area contributed by atoms with E-state index in [1.54, 1.807) is 19.1 Å². The molecule has 0 radical (unpaired) electrons. The number of carbonyl (C=O) groups is 1. The molecule has 0 unspecified atom stereocenters. The molecule has 140 valence electrons. The normalized spacial score (nSPS) is 11.2. The van der Waals surface area contributed by atoms with Gasteiger partial charge in [0.05, 0.1) is 10.6 Å². The Kier molecular flexibility index (Phi) is 5.00. The number of aryl methyl sites for hydroxylation is 3. The van der Waals surface area contributed by atoms with Crippen LogP contribution >= 0.6 is 0 Å². The minimum atomic E-state index is -3.84. The number of hydrogen-bond donors (Lipinski definition) is 2. The number of amides is 1. The first kappa shape index (κ1) is 18.7. The molecular formula is C19H19N3O4S. The lowest BCUT2D eigenvalue weighted by atomic mass is 10.1. The minimum Gasteiger partial charge on any atom is -0.360 e. The van der Waals surface area contributed by atoms with E-state index in [0.717, 1.165) is 11.1 Å². The van der Waals surface area contributed by atoms with E-state index in [4.69, 9.17) is 4.52 Å². The maximum atomic E-state index is 12.7. The van der Waals surface area contributed by atoms with Crippen LogP contribution in [-0.2, 0) is 10.0 Å². The van der Waals surface area contributed by atoms with Gasteiger partial charge in [0, 0.05) is 11.6 Å². The zero-order valence-electron chi connectivity index (χ0n) is 15.1. The molecule has 8 heteroatoms. The lowest BCUT2D eigenvalue weighted by Gasteiger charge is -2.12. The highest BCUT2D eigenvalue weighted by Crippen LogP contribution is 2.22. The molecule has 1 amide bonds. The zero-order valence-corrected chi connectivity index (χ0v) is 15.9. The van der Waals surface area contributed by atoms with Crippen molar-refractivity contribution in [3.63, 3.8) is 0 Å². The van der Waals surface area contributed by atoms with Gasteiger partial charge in [0.25, 0.3) is 15.9 Å². The number of nitrogens with zero attached hydrogens (tertiary/aromatic N) is 1. The topological polar surface area (TPSA) is 101 Å². The van der Waals surface area contributed by atoms with Crippen LogP contribution in [0, 0.1) is 20.8 Å². The highest BCUT2D eigenvalue weighted by Gasteiger charge is 2.18. The predicted octanol–water partition coefficient (Wildman–Crippen LogP) is 3.65. The van der Waals surface area contributed by atoms with Gasteiger partial charge in [-0.3, -0.25) is 9.52 Å². The lowest BCUT2D eigenvalue weighted by Crippen LogP contribution is -2.16. The van der Waals surface area contributed by atoms with Crippen LogP contribution in [0.5, 0.6) is 0 Å². The summed E-state index contributed by atoms with van der Waals surface area (Å²) < 4.78 is 32.9. The van der Waals surface area contributed by atoms with Crippen molar-refractivity contribution in [1.29, 1.82) is 0 Å². The van der Waals surface area contributed by atoms with Crippen molar-refractivity contribution in [2.24, 2.45) is 0 Å². The molecule has 1 aromatic heterocycles. The van der Waals surface area contributed by atoms with E-state index in [1.807, 2.05) is 26.0 Å². The van der Waals surface area contributed by atoms with Crippen molar-refractivity contribution in [2.45, 2.75) is 25.7 Å². The van der Waals surface area contributed by atoms with Gasteiger partial charge in [-0.1, -0.05) is 23.4 Å². The molecule has 7 nitrogen and oxygen atoms in total. The lowest BCUT2D eigenvalue weighted by molar-refractivity contribution is 0.102. The van der Waals surface area contributed by atoms with Gasteiger partial charge in [0.15, 0.2) is 5.82 Å². The maximum Gasteiger partial charge on any atom is 0.261 e. The Morgan fingerprint density at radius 2 is 1.81 bits per heavy atom. The average molecular weight is 385 g/mol. The van der Waals surface area contributed by atoms with Crippen LogP contribution < -0.4 is 10.0 Å². The third-order valence-corrected chi connectivity index (χ3v) is 5.28. The second-order valence-electron chi connectivity index (χ2n) is 6.23. The summed E-state index contributed by atoms with van der Waals surface area (Å²) in [5.41, 5.74) is 2.44. The van der Waals surface area contributed by atoms with E-state index >= 15 is 0 Å². The maximum absolute atomic E-state index is 12.7. The van der Waals surface area contributed by atoms with Crippen LogP contribution in [0.4, 0.5) is 11.5 Å². The quantitative estimate of drug-likeness (QED) is 0.698. The van der Waals surface area contributed by atoms with Crippen molar-refractivity contribution in [3.05, 3.63) is 71.0 Å². The molecule has 0 saturated heterocycles. The first-order valence-electron chi connectivity index (χ1n) is 8.19. The van der Waals surface area contributed by atoms with Gasteiger partial charge in [-0.25, -0.2) is 8.42 Å². The number of sulfonamides is 1. The molecule has 0 aliphatic rings. The highest BCUT2D eigenvalue weighted by molar-refractivity contribution is 7.92. The van der Waals surface area contributed by atoms with Gasteiger partial charge in [-0.05, 0) is 56.2 Å². The van der Waals surface area contributed by atoms with Gasteiger partial charge in [0.1, 0.15) is 5.76 Å². The number of carbonyl (C=O) groups excluding carboxylic acids is 1. The molecule has 3 aromatic rings. The van der Waals surface area contributed by atoms with E-state index < -0.39 is 15.9 Å². The SMILES string of the molecule is Cc1ccc(C)c(NS(=O)(=O)c2cccc(C(=O)Nc3cc(C)on3)c2)c1. The zero-order chi connectivity index (χ0) is 19.6. The Balaban J connectivity index is 1.85. The fourth-order valence-corrected chi connectivity index (χ4v) is 3.63. The smallest absolute Gasteiger partial charge is 0.261 e. The molecule has 0 aliphatic carbocycles. The number of aromatic nitrogens is 1. The summed E-state index contributed by atoms with van der Waals surface area (Å²) >= 11 is 0. The molecule has 2 N–H and O–H groups in total. The molecule has 2 aromatic carbocycles. The molecule has 1 heterocycles. The van der Waals surface area contributed by atoms with Gasteiger partial charge >= 0.3 is 0 Å². The van der Waals surface area contributed by atoms with Crippen LogP contribution in [-0.4, -0.2) is 19.5 Å².